The second kappa shape index (κ2) is 11.4. The van der Waals surface area contributed by atoms with Crippen LogP contribution in [0.4, 0.5) is 13.2 Å². The van der Waals surface area contributed by atoms with Crippen LogP contribution in [0.1, 0.15) is 77.3 Å². The van der Waals surface area contributed by atoms with Gasteiger partial charge in [-0.1, -0.05) is 44.9 Å². The number of hydrogen-bond acceptors (Lipinski definition) is 3. The van der Waals surface area contributed by atoms with Gasteiger partial charge >= 0.3 is 6.18 Å². The van der Waals surface area contributed by atoms with E-state index in [1.54, 1.807) is 12.1 Å². The zero-order valence-corrected chi connectivity index (χ0v) is 19.7. The molecule has 0 aliphatic heterocycles. The molecule has 0 heterocycles. The molecule has 1 fully saturated rings. The average Bonchev–Trinajstić information content (AvgIpc) is 2.83. The van der Waals surface area contributed by atoms with E-state index in [0.717, 1.165) is 36.6 Å². The fourth-order valence-corrected chi connectivity index (χ4v) is 4.10. The van der Waals surface area contributed by atoms with Gasteiger partial charge in [0.2, 0.25) is 5.91 Å². The molecule has 2 aromatic rings. The zero-order valence-electron chi connectivity index (χ0n) is 19.7. The van der Waals surface area contributed by atoms with Crippen LogP contribution in [0, 0.1) is 0 Å². The molecule has 0 spiro atoms. The van der Waals surface area contributed by atoms with E-state index in [-0.39, 0.29) is 30.1 Å². The molecule has 35 heavy (non-hydrogen) atoms. The second-order valence-electron chi connectivity index (χ2n) is 9.08. The Labute approximate surface area is 202 Å². The highest BCUT2D eigenvalue weighted by Gasteiger charge is 2.31. The molecule has 3 rings (SSSR count). The second-order valence-corrected chi connectivity index (χ2v) is 9.08. The van der Waals surface area contributed by atoms with Gasteiger partial charge in [-0.2, -0.15) is 13.2 Å². The number of carbonyl (C=O) groups is 3. The molecule has 6 nitrogen and oxygen atoms in total. The van der Waals surface area contributed by atoms with Crippen molar-refractivity contribution in [2.75, 3.05) is 6.54 Å². The molecule has 188 valence electrons. The third-order valence-corrected chi connectivity index (χ3v) is 6.13. The van der Waals surface area contributed by atoms with Crippen molar-refractivity contribution >= 4 is 17.7 Å². The van der Waals surface area contributed by atoms with Crippen LogP contribution in [0.3, 0.4) is 0 Å². The van der Waals surface area contributed by atoms with Gasteiger partial charge in [0.05, 0.1) is 12.1 Å². The predicted octanol–water partition coefficient (Wildman–Crippen LogP) is 4.42. The molecular formula is C26H30F3N3O3. The summed E-state index contributed by atoms with van der Waals surface area (Å²) in [6, 6.07) is 10.9. The number of alkyl halides is 3. The number of hydrogen-bond donors (Lipinski definition) is 3. The third-order valence-electron chi connectivity index (χ3n) is 6.13. The monoisotopic (exact) mass is 489 g/mol. The number of carbonyl (C=O) groups excluding carboxylic acids is 3. The van der Waals surface area contributed by atoms with Crippen molar-refractivity contribution in [2.45, 2.75) is 63.7 Å². The van der Waals surface area contributed by atoms with Crippen molar-refractivity contribution in [3.63, 3.8) is 0 Å². The van der Waals surface area contributed by atoms with E-state index in [0.29, 0.717) is 24.3 Å². The average molecular weight is 490 g/mol. The molecule has 0 aromatic heterocycles. The van der Waals surface area contributed by atoms with Crippen molar-refractivity contribution in [2.24, 2.45) is 0 Å². The van der Waals surface area contributed by atoms with E-state index < -0.39 is 23.6 Å². The Morgan fingerprint density at radius 1 is 0.886 bits per heavy atom. The van der Waals surface area contributed by atoms with Gasteiger partial charge < -0.3 is 16.0 Å². The van der Waals surface area contributed by atoms with E-state index >= 15 is 0 Å². The molecule has 1 aliphatic rings. The highest BCUT2D eigenvalue weighted by molar-refractivity contribution is 5.97. The highest BCUT2D eigenvalue weighted by Crippen LogP contribution is 2.29. The number of amides is 3. The summed E-state index contributed by atoms with van der Waals surface area (Å²) < 4.78 is 38.6. The van der Waals surface area contributed by atoms with Crippen molar-refractivity contribution in [1.29, 1.82) is 0 Å². The van der Waals surface area contributed by atoms with Crippen LogP contribution in [0.2, 0.25) is 0 Å². The summed E-state index contributed by atoms with van der Waals surface area (Å²) in [4.78, 5) is 37.4. The largest absolute Gasteiger partial charge is 0.416 e. The molecule has 0 radical (unpaired) electrons. The lowest BCUT2D eigenvalue weighted by atomic mass is 9.90. The Balaban J connectivity index is 1.54. The van der Waals surface area contributed by atoms with Crippen molar-refractivity contribution in [3.8, 4) is 0 Å². The molecular weight excluding hydrogens is 459 g/mol. The Hall–Kier alpha value is -3.36. The molecule has 9 heteroatoms. The summed E-state index contributed by atoms with van der Waals surface area (Å²) >= 11 is 0. The third kappa shape index (κ3) is 7.31. The fourth-order valence-electron chi connectivity index (χ4n) is 4.10. The van der Waals surface area contributed by atoms with Crippen LogP contribution < -0.4 is 16.0 Å². The first kappa shape index (κ1) is 26.2. The molecule has 0 bridgehead atoms. The van der Waals surface area contributed by atoms with Gasteiger partial charge in [0, 0.05) is 23.2 Å². The van der Waals surface area contributed by atoms with E-state index in [4.69, 9.17) is 0 Å². The lowest BCUT2D eigenvalue weighted by Gasteiger charge is -2.33. The molecule has 3 N–H and O–H groups in total. The first-order valence-electron chi connectivity index (χ1n) is 11.7. The van der Waals surface area contributed by atoms with Crippen molar-refractivity contribution in [1.82, 2.24) is 16.0 Å². The summed E-state index contributed by atoms with van der Waals surface area (Å²) in [7, 11) is 0. The van der Waals surface area contributed by atoms with Gasteiger partial charge in [0.1, 0.15) is 0 Å². The topological polar surface area (TPSA) is 87.3 Å². The molecule has 0 unspecified atom stereocenters. The minimum absolute atomic E-state index is 0.182. The van der Waals surface area contributed by atoms with E-state index in [1.165, 1.54) is 6.07 Å². The number of nitrogens with one attached hydrogen (secondary N) is 3. The van der Waals surface area contributed by atoms with E-state index in [1.807, 2.05) is 12.1 Å². The minimum Gasteiger partial charge on any atom is -0.350 e. The summed E-state index contributed by atoms with van der Waals surface area (Å²) in [6.45, 7) is 3.77. The Bertz CT molecular complexity index is 1050. The molecule has 3 amide bonds. The summed E-state index contributed by atoms with van der Waals surface area (Å²) in [6.07, 6.45) is -1.39. The quantitative estimate of drug-likeness (QED) is 0.538. The maximum absolute atomic E-state index is 12.9. The maximum Gasteiger partial charge on any atom is 0.416 e. The maximum atomic E-state index is 12.9. The van der Waals surface area contributed by atoms with Crippen molar-refractivity contribution in [3.05, 3.63) is 70.8 Å². The van der Waals surface area contributed by atoms with Gasteiger partial charge in [-0.25, -0.2) is 0 Å². The van der Waals surface area contributed by atoms with Gasteiger partial charge in [0.25, 0.3) is 11.8 Å². The van der Waals surface area contributed by atoms with Crippen LogP contribution in [-0.2, 0) is 11.0 Å². The van der Waals surface area contributed by atoms with Crippen LogP contribution in [-0.4, -0.2) is 36.3 Å². The minimum atomic E-state index is -4.56. The SMILES string of the molecule is CC(C)c1ccc(C(=O)N[C@@H]2CCCC[C@@H]2NC(=O)CNC(=O)c2cccc(C(F)(F)F)c2)cc1. The summed E-state index contributed by atoms with van der Waals surface area (Å²) in [5, 5.41) is 8.20. The zero-order chi connectivity index (χ0) is 25.6. The normalized spacial score (nSPS) is 18.1. The molecule has 2 atom stereocenters. The van der Waals surface area contributed by atoms with Gasteiger partial charge in [-0.15, -0.1) is 0 Å². The van der Waals surface area contributed by atoms with Crippen LogP contribution in [0.5, 0.6) is 0 Å². The molecule has 0 saturated heterocycles. The predicted molar refractivity (Wildman–Crippen MR) is 126 cm³/mol. The summed E-state index contributed by atoms with van der Waals surface area (Å²) in [5.74, 6) is -1.11. The Kier molecular flexibility index (Phi) is 8.53. The van der Waals surface area contributed by atoms with Crippen molar-refractivity contribution < 1.29 is 27.6 Å². The lowest BCUT2D eigenvalue weighted by Crippen LogP contribution is -2.54. The highest BCUT2D eigenvalue weighted by atomic mass is 19.4. The first-order valence-corrected chi connectivity index (χ1v) is 11.7. The van der Waals surface area contributed by atoms with Crippen LogP contribution >= 0.6 is 0 Å². The van der Waals surface area contributed by atoms with Gasteiger partial charge in [-0.3, -0.25) is 14.4 Å². The van der Waals surface area contributed by atoms with Gasteiger partial charge in [-0.05, 0) is 54.7 Å². The standard InChI is InChI=1S/C26H30F3N3O3/c1-16(2)17-10-12-18(13-11-17)25(35)32-22-9-4-3-8-21(22)31-23(33)15-30-24(34)19-6-5-7-20(14-19)26(27,28)29/h5-7,10-14,16,21-22H,3-4,8-9,15H2,1-2H3,(H,30,34)(H,31,33)(H,32,35)/t21-,22+/m0/s1. The number of benzene rings is 2. The number of rotatable bonds is 7. The smallest absolute Gasteiger partial charge is 0.350 e. The molecule has 1 saturated carbocycles. The van der Waals surface area contributed by atoms with E-state index in [9.17, 15) is 27.6 Å². The Morgan fingerprint density at radius 3 is 2.11 bits per heavy atom. The number of halogens is 3. The summed E-state index contributed by atoms with van der Waals surface area (Å²) in [5.41, 5.74) is 0.558. The Morgan fingerprint density at radius 2 is 1.51 bits per heavy atom. The fraction of sp³-hybridized carbons (Fsp3) is 0.423. The van der Waals surface area contributed by atoms with Gasteiger partial charge in [0.15, 0.2) is 0 Å². The van der Waals surface area contributed by atoms with Crippen LogP contribution in [0.25, 0.3) is 0 Å². The lowest BCUT2D eigenvalue weighted by molar-refractivity contribution is -0.137. The molecule has 2 aromatic carbocycles. The van der Waals surface area contributed by atoms with Crippen LogP contribution in [0.15, 0.2) is 48.5 Å². The van der Waals surface area contributed by atoms with E-state index in [2.05, 4.69) is 29.8 Å². The molecule has 1 aliphatic carbocycles. The first-order chi connectivity index (χ1) is 16.5.